The maximum atomic E-state index is 12.2. The Morgan fingerprint density at radius 1 is 1.14 bits per heavy atom. The highest BCUT2D eigenvalue weighted by molar-refractivity contribution is 5.94. The van der Waals surface area contributed by atoms with E-state index in [1.165, 1.54) is 6.08 Å². The Balaban J connectivity index is 2.00. The molecule has 2 aromatic carbocycles. The zero-order valence-corrected chi connectivity index (χ0v) is 16.8. The highest BCUT2D eigenvalue weighted by atomic mass is 16.5. The second-order valence-corrected chi connectivity index (χ2v) is 6.53. The summed E-state index contributed by atoms with van der Waals surface area (Å²) < 4.78 is 11.0. The van der Waals surface area contributed by atoms with Crippen molar-refractivity contribution in [1.82, 2.24) is 5.32 Å². The van der Waals surface area contributed by atoms with E-state index in [0.29, 0.717) is 18.1 Å². The first-order chi connectivity index (χ1) is 14.0. The Morgan fingerprint density at radius 2 is 1.90 bits per heavy atom. The minimum absolute atomic E-state index is 0.216. The van der Waals surface area contributed by atoms with Crippen LogP contribution in [0.5, 0.6) is 11.5 Å². The van der Waals surface area contributed by atoms with Crippen LogP contribution in [0.15, 0.2) is 54.6 Å². The normalized spacial score (nSPS) is 11.8. The van der Waals surface area contributed by atoms with Gasteiger partial charge in [0.05, 0.1) is 13.7 Å². The van der Waals surface area contributed by atoms with Crippen molar-refractivity contribution >= 4 is 18.0 Å². The van der Waals surface area contributed by atoms with Crippen molar-refractivity contribution in [2.45, 2.75) is 32.2 Å². The molecule has 2 aromatic rings. The second-order valence-electron chi connectivity index (χ2n) is 6.53. The SMILES string of the molecule is CCCCOc1ccc(/C=C/C(=O)N[C@H](Cc2ccccc2)C(=O)O)cc1OC. The standard InChI is InChI=1S/C23H27NO5/c1-3-4-14-29-20-12-10-18(16-21(20)28-2)11-13-22(25)24-19(23(26)27)15-17-8-6-5-7-9-17/h5-13,16,19H,3-4,14-15H2,1-2H3,(H,24,25)(H,26,27)/b13-11+/t19-/m1/s1. The molecule has 1 atom stereocenters. The maximum absolute atomic E-state index is 12.2. The Bertz CT molecular complexity index is 832. The predicted molar refractivity (Wildman–Crippen MR) is 112 cm³/mol. The van der Waals surface area contributed by atoms with Gasteiger partial charge in [0.25, 0.3) is 0 Å². The van der Waals surface area contributed by atoms with Gasteiger partial charge in [-0.2, -0.15) is 0 Å². The molecule has 0 aliphatic rings. The molecule has 0 spiro atoms. The lowest BCUT2D eigenvalue weighted by Crippen LogP contribution is -2.41. The second kappa shape index (κ2) is 11.5. The van der Waals surface area contributed by atoms with Crippen molar-refractivity contribution in [2.24, 2.45) is 0 Å². The van der Waals surface area contributed by atoms with E-state index in [9.17, 15) is 14.7 Å². The monoisotopic (exact) mass is 397 g/mol. The van der Waals surface area contributed by atoms with Crippen LogP contribution in [0.4, 0.5) is 0 Å². The molecule has 0 bridgehead atoms. The summed E-state index contributed by atoms with van der Waals surface area (Å²) >= 11 is 0. The molecule has 0 unspecified atom stereocenters. The van der Waals surface area contributed by atoms with Crippen molar-refractivity contribution in [2.75, 3.05) is 13.7 Å². The molecular formula is C23H27NO5. The molecule has 6 nitrogen and oxygen atoms in total. The summed E-state index contributed by atoms with van der Waals surface area (Å²) in [5, 5.41) is 11.9. The number of methoxy groups -OCH3 is 1. The van der Waals surface area contributed by atoms with Crippen molar-refractivity contribution in [3.05, 3.63) is 65.7 Å². The number of carboxylic acids is 1. The summed E-state index contributed by atoms with van der Waals surface area (Å²) in [7, 11) is 1.56. The van der Waals surface area contributed by atoms with E-state index in [0.717, 1.165) is 24.0 Å². The van der Waals surface area contributed by atoms with Crippen LogP contribution in [-0.4, -0.2) is 36.7 Å². The summed E-state index contributed by atoms with van der Waals surface area (Å²) in [5.74, 6) is -0.325. The summed E-state index contributed by atoms with van der Waals surface area (Å²) in [6, 6.07) is 13.5. The molecule has 0 aliphatic carbocycles. The molecule has 2 rings (SSSR count). The van der Waals surface area contributed by atoms with Gasteiger partial charge in [-0.1, -0.05) is 49.7 Å². The fraction of sp³-hybridized carbons (Fsp3) is 0.304. The third-order valence-corrected chi connectivity index (χ3v) is 4.27. The highest BCUT2D eigenvalue weighted by Crippen LogP contribution is 2.28. The van der Waals surface area contributed by atoms with Gasteiger partial charge in [0.1, 0.15) is 6.04 Å². The molecule has 154 valence electrons. The first-order valence-electron chi connectivity index (χ1n) is 9.59. The number of aliphatic carboxylic acids is 1. The quantitative estimate of drug-likeness (QED) is 0.446. The molecule has 0 radical (unpaired) electrons. The Labute approximate surface area is 171 Å². The van der Waals surface area contributed by atoms with Crippen molar-refractivity contribution in [3.63, 3.8) is 0 Å². The van der Waals surface area contributed by atoms with Gasteiger partial charge in [-0.05, 0) is 35.8 Å². The topological polar surface area (TPSA) is 84.9 Å². The fourth-order valence-corrected chi connectivity index (χ4v) is 2.68. The van der Waals surface area contributed by atoms with Crippen LogP contribution in [-0.2, 0) is 16.0 Å². The van der Waals surface area contributed by atoms with Crippen LogP contribution in [0.2, 0.25) is 0 Å². The number of hydrogen-bond acceptors (Lipinski definition) is 4. The molecule has 2 N–H and O–H groups in total. The number of unbranched alkanes of at least 4 members (excludes halogenated alkanes) is 1. The summed E-state index contributed by atoms with van der Waals surface area (Å²) in [4.78, 5) is 23.7. The number of amides is 1. The molecule has 0 saturated heterocycles. The van der Waals surface area contributed by atoms with Crippen molar-refractivity contribution < 1.29 is 24.2 Å². The zero-order chi connectivity index (χ0) is 21.1. The molecule has 0 fully saturated rings. The number of rotatable bonds is 11. The first kappa shape index (κ1) is 22.0. The number of ether oxygens (including phenoxy) is 2. The summed E-state index contributed by atoms with van der Waals surface area (Å²) in [6.45, 7) is 2.71. The largest absolute Gasteiger partial charge is 0.493 e. The van der Waals surface area contributed by atoms with Crippen LogP contribution in [0.3, 0.4) is 0 Å². The predicted octanol–water partition coefficient (Wildman–Crippen LogP) is 3.70. The number of carboxylic acid groups (broad SMARTS) is 1. The minimum Gasteiger partial charge on any atom is -0.493 e. The van der Waals surface area contributed by atoms with Crippen molar-refractivity contribution in [3.8, 4) is 11.5 Å². The lowest BCUT2D eigenvalue weighted by molar-refractivity contribution is -0.141. The van der Waals surface area contributed by atoms with Crippen LogP contribution >= 0.6 is 0 Å². The number of carbonyl (C=O) groups excluding carboxylic acids is 1. The van der Waals surface area contributed by atoms with Crippen LogP contribution in [0.1, 0.15) is 30.9 Å². The molecule has 29 heavy (non-hydrogen) atoms. The van der Waals surface area contributed by atoms with E-state index >= 15 is 0 Å². The maximum Gasteiger partial charge on any atom is 0.326 e. The van der Waals surface area contributed by atoms with Crippen LogP contribution in [0, 0.1) is 0 Å². The molecule has 0 aliphatic heterocycles. The van der Waals surface area contributed by atoms with E-state index in [1.54, 1.807) is 25.3 Å². The number of nitrogens with one attached hydrogen (secondary N) is 1. The molecule has 0 aromatic heterocycles. The van der Waals surface area contributed by atoms with Gasteiger partial charge in [-0.15, -0.1) is 0 Å². The van der Waals surface area contributed by atoms with Gasteiger partial charge in [0.15, 0.2) is 11.5 Å². The van der Waals surface area contributed by atoms with E-state index in [4.69, 9.17) is 9.47 Å². The number of hydrogen-bond donors (Lipinski definition) is 2. The third-order valence-electron chi connectivity index (χ3n) is 4.27. The van der Waals surface area contributed by atoms with E-state index < -0.39 is 17.9 Å². The molecule has 1 amide bonds. The third kappa shape index (κ3) is 7.33. The lowest BCUT2D eigenvalue weighted by atomic mass is 10.1. The zero-order valence-electron chi connectivity index (χ0n) is 16.8. The van der Waals surface area contributed by atoms with Gasteiger partial charge in [0.2, 0.25) is 5.91 Å². The van der Waals surface area contributed by atoms with E-state index in [2.05, 4.69) is 12.2 Å². The molecular weight excluding hydrogens is 370 g/mol. The summed E-state index contributed by atoms with van der Waals surface area (Å²) in [6.07, 6.45) is 5.13. The van der Waals surface area contributed by atoms with E-state index in [-0.39, 0.29) is 6.42 Å². The number of carbonyl (C=O) groups is 2. The minimum atomic E-state index is -1.08. The van der Waals surface area contributed by atoms with Crippen LogP contribution < -0.4 is 14.8 Å². The van der Waals surface area contributed by atoms with Gasteiger partial charge in [-0.3, -0.25) is 4.79 Å². The Kier molecular flexibility index (Phi) is 8.76. The van der Waals surface area contributed by atoms with Gasteiger partial charge >= 0.3 is 5.97 Å². The van der Waals surface area contributed by atoms with Gasteiger partial charge in [0, 0.05) is 12.5 Å². The lowest BCUT2D eigenvalue weighted by Gasteiger charge is -2.13. The fourth-order valence-electron chi connectivity index (χ4n) is 2.68. The number of benzene rings is 2. The molecule has 0 heterocycles. The molecule has 0 saturated carbocycles. The van der Waals surface area contributed by atoms with Crippen molar-refractivity contribution in [1.29, 1.82) is 0 Å². The van der Waals surface area contributed by atoms with Gasteiger partial charge < -0.3 is 19.9 Å². The van der Waals surface area contributed by atoms with Gasteiger partial charge in [-0.25, -0.2) is 4.79 Å². The average Bonchev–Trinajstić information content (AvgIpc) is 2.73. The van der Waals surface area contributed by atoms with Crippen LogP contribution in [0.25, 0.3) is 6.08 Å². The van der Waals surface area contributed by atoms with E-state index in [1.807, 2.05) is 36.4 Å². The highest BCUT2D eigenvalue weighted by Gasteiger charge is 2.19. The smallest absolute Gasteiger partial charge is 0.326 e. The molecule has 6 heteroatoms. The first-order valence-corrected chi connectivity index (χ1v) is 9.59. The Morgan fingerprint density at radius 3 is 2.55 bits per heavy atom. The summed E-state index contributed by atoms with van der Waals surface area (Å²) in [5.41, 5.74) is 1.59. The average molecular weight is 397 g/mol. The Hall–Kier alpha value is -3.28.